The molecule has 1 aromatic rings. The van der Waals surface area contributed by atoms with Crippen LogP contribution in [-0.4, -0.2) is 54.6 Å². The summed E-state index contributed by atoms with van der Waals surface area (Å²) >= 11 is 0. The van der Waals surface area contributed by atoms with E-state index in [1.165, 1.54) is 6.21 Å². The number of para-hydroxylation sites is 1. The summed E-state index contributed by atoms with van der Waals surface area (Å²) in [5.74, 6) is -1.17. The predicted molar refractivity (Wildman–Crippen MR) is 96.8 cm³/mol. The molecule has 8 nitrogen and oxygen atoms in total. The number of amides is 3. The number of hydrazone groups is 1. The second kappa shape index (κ2) is 9.55. The predicted octanol–water partition coefficient (Wildman–Crippen LogP) is 0.662. The molecule has 0 radical (unpaired) electrons. The summed E-state index contributed by atoms with van der Waals surface area (Å²) in [6, 6.07) is 6.87. The fourth-order valence-corrected chi connectivity index (χ4v) is 2.45. The van der Waals surface area contributed by atoms with Crippen LogP contribution < -0.4 is 15.5 Å². The van der Waals surface area contributed by atoms with E-state index >= 15 is 0 Å². The van der Waals surface area contributed by atoms with Gasteiger partial charge in [0.1, 0.15) is 5.75 Å². The maximum absolute atomic E-state index is 12.1. The summed E-state index contributed by atoms with van der Waals surface area (Å²) in [6.45, 7) is 5.01. The molecule has 0 spiro atoms. The van der Waals surface area contributed by atoms with Crippen molar-refractivity contribution in [3.63, 3.8) is 0 Å². The van der Waals surface area contributed by atoms with E-state index in [0.29, 0.717) is 11.3 Å². The van der Waals surface area contributed by atoms with Crippen LogP contribution in [0.5, 0.6) is 5.75 Å². The minimum Gasteiger partial charge on any atom is -0.483 e. The van der Waals surface area contributed by atoms with Crippen molar-refractivity contribution in [2.45, 2.75) is 32.7 Å². The topological polar surface area (TPSA) is 100 Å². The number of hydrogen-bond acceptors (Lipinski definition) is 5. The van der Waals surface area contributed by atoms with Gasteiger partial charge in [-0.25, -0.2) is 5.43 Å². The van der Waals surface area contributed by atoms with Gasteiger partial charge in [0.25, 0.3) is 5.91 Å². The summed E-state index contributed by atoms with van der Waals surface area (Å²) < 4.78 is 5.59. The van der Waals surface area contributed by atoms with Crippen molar-refractivity contribution >= 4 is 23.9 Å². The Balaban J connectivity index is 1.90. The highest BCUT2D eigenvalue weighted by Gasteiger charge is 2.18. The average Bonchev–Trinajstić information content (AvgIpc) is 3.14. The fourth-order valence-electron chi connectivity index (χ4n) is 2.45. The molecule has 2 N–H and O–H groups in total. The second-order valence-corrected chi connectivity index (χ2v) is 6.24. The zero-order valence-electron chi connectivity index (χ0n) is 15.0. The quantitative estimate of drug-likeness (QED) is 0.442. The van der Waals surface area contributed by atoms with Crippen LogP contribution in [0.25, 0.3) is 0 Å². The molecule has 1 aliphatic rings. The maximum Gasteiger partial charge on any atom is 0.329 e. The largest absolute Gasteiger partial charge is 0.483 e. The molecular weight excluding hydrogens is 336 g/mol. The molecule has 0 atom stereocenters. The number of nitrogens with one attached hydrogen (secondary N) is 2. The Morgan fingerprint density at radius 1 is 1.19 bits per heavy atom. The standard InChI is InChI=1S/C18H24N4O4/c1-13(2)20-17(24)18(25)21-19-11-14-7-3-4-8-15(14)26-12-16(23)22-9-5-6-10-22/h3-4,7-8,11,13H,5-6,9-10,12H2,1-2H3,(H,20,24)(H,21,25)/b19-11-. The Morgan fingerprint density at radius 2 is 1.88 bits per heavy atom. The highest BCUT2D eigenvalue weighted by atomic mass is 16.5. The lowest BCUT2D eigenvalue weighted by atomic mass is 10.2. The molecule has 26 heavy (non-hydrogen) atoms. The van der Waals surface area contributed by atoms with E-state index in [2.05, 4.69) is 15.8 Å². The number of benzene rings is 1. The summed E-state index contributed by atoms with van der Waals surface area (Å²) in [6.07, 6.45) is 3.42. The van der Waals surface area contributed by atoms with E-state index in [0.717, 1.165) is 25.9 Å². The molecule has 0 aliphatic carbocycles. The van der Waals surface area contributed by atoms with E-state index in [4.69, 9.17) is 4.74 Å². The van der Waals surface area contributed by atoms with Crippen LogP contribution in [0.15, 0.2) is 29.4 Å². The van der Waals surface area contributed by atoms with Gasteiger partial charge in [-0.1, -0.05) is 12.1 Å². The van der Waals surface area contributed by atoms with Gasteiger partial charge in [-0.2, -0.15) is 5.10 Å². The number of carbonyl (C=O) groups is 3. The molecule has 0 saturated carbocycles. The minimum atomic E-state index is -0.849. The highest BCUT2D eigenvalue weighted by molar-refractivity contribution is 6.35. The van der Waals surface area contributed by atoms with Gasteiger partial charge < -0.3 is 15.0 Å². The molecule has 1 aliphatic heterocycles. The molecule has 1 saturated heterocycles. The first-order valence-corrected chi connectivity index (χ1v) is 8.61. The van der Waals surface area contributed by atoms with Gasteiger partial charge in [0.15, 0.2) is 6.61 Å². The number of nitrogens with zero attached hydrogens (tertiary/aromatic N) is 2. The summed E-state index contributed by atoms with van der Waals surface area (Å²) in [4.78, 5) is 36.9. The molecule has 0 unspecified atom stereocenters. The van der Waals surface area contributed by atoms with Crippen LogP contribution in [-0.2, 0) is 14.4 Å². The Hall–Kier alpha value is -2.90. The number of ether oxygens (including phenoxy) is 1. The number of hydrogen-bond donors (Lipinski definition) is 2. The Bertz CT molecular complexity index is 682. The summed E-state index contributed by atoms with van der Waals surface area (Å²) in [5, 5.41) is 6.24. The van der Waals surface area contributed by atoms with Gasteiger partial charge >= 0.3 is 11.8 Å². The second-order valence-electron chi connectivity index (χ2n) is 6.24. The van der Waals surface area contributed by atoms with Gasteiger partial charge in [-0.15, -0.1) is 0 Å². The van der Waals surface area contributed by atoms with E-state index < -0.39 is 11.8 Å². The molecule has 3 amide bonds. The number of rotatable bonds is 6. The van der Waals surface area contributed by atoms with Crippen molar-refractivity contribution in [3.8, 4) is 5.75 Å². The van der Waals surface area contributed by atoms with E-state index in [9.17, 15) is 14.4 Å². The lowest BCUT2D eigenvalue weighted by molar-refractivity contribution is -0.139. The molecule has 1 heterocycles. The van der Waals surface area contributed by atoms with Crippen LogP contribution in [0, 0.1) is 0 Å². The van der Waals surface area contributed by atoms with Gasteiger partial charge in [-0.3, -0.25) is 14.4 Å². The SMILES string of the molecule is CC(C)NC(=O)C(=O)N/N=C\c1ccccc1OCC(=O)N1CCCC1. The summed E-state index contributed by atoms with van der Waals surface area (Å²) in [5.41, 5.74) is 2.75. The molecule has 140 valence electrons. The Kier molecular flexibility index (Phi) is 7.13. The molecule has 2 rings (SSSR count). The Morgan fingerprint density at radius 3 is 2.58 bits per heavy atom. The van der Waals surface area contributed by atoms with E-state index in [1.54, 1.807) is 43.0 Å². The molecule has 1 fully saturated rings. The fraction of sp³-hybridized carbons (Fsp3) is 0.444. The first-order chi connectivity index (χ1) is 12.5. The lowest BCUT2D eigenvalue weighted by Gasteiger charge is -2.16. The minimum absolute atomic E-state index is 0.0476. The van der Waals surface area contributed by atoms with Crippen LogP contribution >= 0.6 is 0 Å². The third-order valence-electron chi connectivity index (χ3n) is 3.72. The van der Waals surface area contributed by atoms with Crippen LogP contribution in [0.1, 0.15) is 32.3 Å². The zero-order chi connectivity index (χ0) is 18.9. The van der Waals surface area contributed by atoms with Gasteiger partial charge in [0.2, 0.25) is 0 Å². The molecular formula is C18H24N4O4. The van der Waals surface area contributed by atoms with Gasteiger partial charge in [0, 0.05) is 24.7 Å². The monoisotopic (exact) mass is 360 g/mol. The van der Waals surface area contributed by atoms with Gasteiger partial charge in [0.05, 0.1) is 6.21 Å². The zero-order valence-corrected chi connectivity index (χ0v) is 15.0. The molecule has 0 aromatic heterocycles. The van der Waals surface area contributed by atoms with Crippen molar-refractivity contribution < 1.29 is 19.1 Å². The van der Waals surface area contributed by atoms with Crippen LogP contribution in [0.3, 0.4) is 0 Å². The average molecular weight is 360 g/mol. The van der Waals surface area contributed by atoms with Crippen molar-refractivity contribution in [3.05, 3.63) is 29.8 Å². The van der Waals surface area contributed by atoms with Crippen molar-refractivity contribution in [2.24, 2.45) is 5.10 Å². The molecule has 8 heteroatoms. The van der Waals surface area contributed by atoms with Crippen molar-refractivity contribution in [1.82, 2.24) is 15.6 Å². The highest BCUT2D eigenvalue weighted by Crippen LogP contribution is 2.16. The van der Waals surface area contributed by atoms with E-state index in [1.807, 2.05) is 0 Å². The van der Waals surface area contributed by atoms with Gasteiger partial charge in [-0.05, 0) is 38.8 Å². The lowest BCUT2D eigenvalue weighted by Crippen LogP contribution is -2.41. The van der Waals surface area contributed by atoms with Crippen molar-refractivity contribution in [1.29, 1.82) is 0 Å². The third-order valence-corrected chi connectivity index (χ3v) is 3.72. The first kappa shape index (κ1) is 19.4. The van der Waals surface area contributed by atoms with Crippen LogP contribution in [0.4, 0.5) is 0 Å². The molecule has 0 bridgehead atoms. The number of likely N-dealkylation sites (tertiary alicyclic amines) is 1. The smallest absolute Gasteiger partial charge is 0.329 e. The molecule has 1 aromatic carbocycles. The summed E-state index contributed by atoms with van der Waals surface area (Å²) in [7, 11) is 0. The van der Waals surface area contributed by atoms with Crippen molar-refractivity contribution in [2.75, 3.05) is 19.7 Å². The van der Waals surface area contributed by atoms with Crippen LogP contribution in [0.2, 0.25) is 0 Å². The maximum atomic E-state index is 12.1. The first-order valence-electron chi connectivity index (χ1n) is 8.61. The third kappa shape index (κ3) is 5.87. The van der Waals surface area contributed by atoms with E-state index in [-0.39, 0.29) is 18.6 Å². The normalized spacial score (nSPS) is 13.9. The number of carbonyl (C=O) groups excluding carboxylic acids is 3. The Labute approximate surface area is 152 Å².